The molecule has 0 saturated carbocycles. The highest BCUT2D eigenvalue weighted by Gasteiger charge is 2.48. The number of rotatable bonds is 5. The van der Waals surface area contributed by atoms with Gasteiger partial charge in [-0.05, 0) is 50.4 Å². The Bertz CT molecular complexity index is 640. The summed E-state index contributed by atoms with van der Waals surface area (Å²) in [6, 6.07) is 8.00. The van der Waals surface area contributed by atoms with Crippen molar-refractivity contribution >= 4 is 28.2 Å². The van der Waals surface area contributed by atoms with Gasteiger partial charge >= 0.3 is 0 Å². The van der Waals surface area contributed by atoms with Crippen LogP contribution in [0.5, 0.6) is 0 Å². The molecule has 0 atom stereocenters. The van der Waals surface area contributed by atoms with Gasteiger partial charge in [0.25, 0.3) is 0 Å². The van der Waals surface area contributed by atoms with Crippen molar-refractivity contribution in [3.63, 3.8) is 0 Å². The molecule has 5 nitrogen and oxygen atoms in total. The highest BCUT2D eigenvalue weighted by Crippen LogP contribution is 2.27. The molecule has 0 aromatic heterocycles. The largest absolute Gasteiger partial charge is 0.354 e. The van der Waals surface area contributed by atoms with Crippen LogP contribution in [0.4, 0.5) is 0 Å². The number of aryl methyl sites for hydroxylation is 1. The zero-order chi connectivity index (χ0) is 16.2. The van der Waals surface area contributed by atoms with Gasteiger partial charge in [0.05, 0.1) is 0 Å². The molecule has 1 heterocycles. The molecule has 130 valence electrons. The smallest absolute Gasteiger partial charge is 0.241 e. The fourth-order valence-corrected chi connectivity index (χ4v) is 4.31. The molecular weight excluding hydrogens is 336 g/mol. The Hall–Kier alpha value is -1.11. The van der Waals surface area contributed by atoms with E-state index in [2.05, 4.69) is 10.6 Å². The number of sulfone groups is 1. The van der Waals surface area contributed by atoms with E-state index in [9.17, 15) is 13.2 Å². The molecule has 0 bridgehead atoms. The highest BCUT2D eigenvalue weighted by molar-refractivity contribution is 7.92. The molecule has 1 aromatic carbocycles. The Morgan fingerprint density at radius 3 is 2.43 bits per heavy atom. The lowest BCUT2D eigenvalue weighted by Gasteiger charge is -2.34. The summed E-state index contributed by atoms with van der Waals surface area (Å²) in [5.41, 5.74) is 2.35. The number of hydrogen-bond acceptors (Lipinski definition) is 4. The lowest BCUT2D eigenvalue weighted by Crippen LogP contribution is -2.57. The van der Waals surface area contributed by atoms with Gasteiger partial charge in [0, 0.05) is 12.8 Å². The Morgan fingerprint density at radius 2 is 1.87 bits per heavy atom. The van der Waals surface area contributed by atoms with Gasteiger partial charge in [0.15, 0.2) is 14.6 Å². The molecule has 0 unspecified atom stereocenters. The first-order chi connectivity index (χ1) is 10.4. The Kier molecular flexibility index (Phi) is 7.04. The summed E-state index contributed by atoms with van der Waals surface area (Å²) < 4.78 is 23.0. The summed E-state index contributed by atoms with van der Waals surface area (Å²) in [5.74, 6) is -0.356. The Labute approximate surface area is 144 Å². The highest BCUT2D eigenvalue weighted by atomic mass is 35.5. The monoisotopic (exact) mass is 360 g/mol. The molecule has 1 amide bonds. The van der Waals surface area contributed by atoms with Crippen LogP contribution in [-0.2, 0) is 21.1 Å². The maximum atomic E-state index is 12.5. The number of carbonyl (C=O) groups is 1. The number of hydrogen-bond donors (Lipinski definition) is 2. The standard InChI is InChI=1S/C16H24N2O3S.ClH/c1-13-5-3-4-6-14(13)7-10-18-15(19)16(22(2,20)21)8-11-17-12-9-16;/h3-6,17H,7-12H2,1-2H3,(H,18,19);1H. The molecule has 1 aliphatic rings. The summed E-state index contributed by atoms with van der Waals surface area (Å²) in [6.45, 7) is 3.59. The van der Waals surface area contributed by atoms with Crippen molar-refractivity contribution in [2.75, 3.05) is 25.9 Å². The van der Waals surface area contributed by atoms with Gasteiger partial charge < -0.3 is 10.6 Å². The summed E-state index contributed by atoms with van der Waals surface area (Å²) in [7, 11) is -3.44. The van der Waals surface area contributed by atoms with Gasteiger partial charge in [-0.15, -0.1) is 12.4 Å². The third-order valence-corrected chi connectivity index (χ3v) is 6.49. The molecule has 1 fully saturated rings. The van der Waals surface area contributed by atoms with Gasteiger partial charge in [0.2, 0.25) is 5.91 Å². The predicted octanol–water partition coefficient (Wildman–Crippen LogP) is 1.24. The lowest BCUT2D eigenvalue weighted by atomic mass is 9.95. The van der Waals surface area contributed by atoms with E-state index in [1.165, 1.54) is 17.4 Å². The van der Waals surface area contributed by atoms with Gasteiger partial charge in [0.1, 0.15) is 0 Å². The minimum Gasteiger partial charge on any atom is -0.354 e. The molecule has 0 aliphatic carbocycles. The summed E-state index contributed by atoms with van der Waals surface area (Å²) in [5, 5.41) is 5.94. The van der Waals surface area contributed by atoms with Crippen molar-refractivity contribution in [2.24, 2.45) is 0 Å². The molecule has 1 aromatic rings. The first-order valence-corrected chi connectivity index (χ1v) is 9.49. The minimum absolute atomic E-state index is 0. The van der Waals surface area contributed by atoms with Crippen LogP contribution >= 0.6 is 12.4 Å². The summed E-state index contributed by atoms with van der Waals surface area (Å²) in [6.07, 6.45) is 2.54. The van der Waals surface area contributed by atoms with Gasteiger partial charge in [-0.3, -0.25) is 4.79 Å². The molecule has 23 heavy (non-hydrogen) atoms. The van der Waals surface area contributed by atoms with Crippen molar-refractivity contribution in [1.82, 2.24) is 10.6 Å². The topological polar surface area (TPSA) is 75.3 Å². The van der Waals surface area contributed by atoms with Crippen molar-refractivity contribution in [3.8, 4) is 0 Å². The minimum atomic E-state index is -3.44. The van der Waals surface area contributed by atoms with Crippen molar-refractivity contribution < 1.29 is 13.2 Å². The summed E-state index contributed by atoms with van der Waals surface area (Å²) in [4.78, 5) is 12.5. The molecule has 2 rings (SSSR count). The van der Waals surface area contributed by atoms with E-state index in [1.54, 1.807) is 0 Å². The van der Waals surface area contributed by atoms with Crippen molar-refractivity contribution in [1.29, 1.82) is 0 Å². The zero-order valence-corrected chi connectivity index (χ0v) is 15.2. The fourth-order valence-electron chi connectivity index (χ4n) is 2.96. The second-order valence-corrected chi connectivity index (χ2v) is 8.27. The van der Waals surface area contributed by atoms with E-state index in [1.807, 2.05) is 31.2 Å². The van der Waals surface area contributed by atoms with Crippen LogP contribution in [0.1, 0.15) is 24.0 Å². The Morgan fingerprint density at radius 1 is 1.26 bits per heavy atom. The van der Waals surface area contributed by atoms with Crippen LogP contribution in [0.25, 0.3) is 0 Å². The summed E-state index contributed by atoms with van der Waals surface area (Å²) >= 11 is 0. The quantitative estimate of drug-likeness (QED) is 0.828. The van der Waals surface area contributed by atoms with Crippen LogP contribution in [0.3, 0.4) is 0 Å². The molecule has 7 heteroatoms. The van der Waals surface area contributed by atoms with E-state index in [0.29, 0.717) is 38.9 Å². The van der Waals surface area contributed by atoms with Gasteiger partial charge in [-0.2, -0.15) is 0 Å². The van der Waals surface area contributed by atoms with Crippen LogP contribution < -0.4 is 10.6 Å². The van der Waals surface area contributed by atoms with Gasteiger partial charge in [-0.25, -0.2) is 8.42 Å². The number of carbonyl (C=O) groups excluding carboxylic acids is 1. The number of halogens is 1. The SMILES string of the molecule is Cc1ccccc1CCNC(=O)C1(S(C)(=O)=O)CCNCC1.Cl. The first-order valence-electron chi connectivity index (χ1n) is 7.60. The van der Waals surface area contributed by atoms with Crippen LogP contribution in [0.2, 0.25) is 0 Å². The second-order valence-electron chi connectivity index (χ2n) is 5.95. The third-order valence-electron chi connectivity index (χ3n) is 4.48. The Balaban J connectivity index is 0.00000264. The molecular formula is C16H25ClN2O3S. The normalized spacial score (nSPS) is 17.1. The molecule has 0 spiro atoms. The lowest BCUT2D eigenvalue weighted by molar-refractivity contribution is -0.124. The molecule has 2 N–H and O–H groups in total. The van der Waals surface area contributed by atoms with E-state index in [-0.39, 0.29) is 18.3 Å². The average molecular weight is 361 g/mol. The fraction of sp³-hybridized carbons (Fsp3) is 0.562. The van der Waals surface area contributed by atoms with E-state index in [0.717, 1.165) is 0 Å². The first kappa shape index (κ1) is 19.9. The van der Waals surface area contributed by atoms with E-state index < -0.39 is 14.6 Å². The van der Waals surface area contributed by atoms with E-state index in [4.69, 9.17) is 0 Å². The van der Waals surface area contributed by atoms with Crippen molar-refractivity contribution in [3.05, 3.63) is 35.4 Å². The molecule has 1 saturated heterocycles. The second kappa shape index (κ2) is 8.13. The number of nitrogens with one attached hydrogen (secondary N) is 2. The third kappa shape index (κ3) is 4.46. The van der Waals surface area contributed by atoms with Crippen LogP contribution in [0, 0.1) is 6.92 Å². The van der Waals surface area contributed by atoms with Crippen LogP contribution in [0.15, 0.2) is 24.3 Å². The average Bonchev–Trinajstić information content (AvgIpc) is 2.48. The number of amides is 1. The zero-order valence-electron chi connectivity index (χ0n) is 13.6. The number of benzene rings is 1. The van der Waals surface area contributed by atoms with E-state index >= 15 is 0 Å². The van der Waals surface area contributed by atoms with Crippen LogP contribution in [-0.4, -0.2) is 45.0 Å². The maximum absolute atomic E-state index is 12.5. The molecule has 0 radical (unpaired) electrons. The predicted molar refractivity (Wildman–Crippen MR) is 94.8 cm³/mol. The number of piperidine rings is 1. The van der Waals surface area contributed by atoms with Crippen molar-refractivity contribution in [2.45, 2.75) is 30.9 Å². The van der Waals surface area contributed by atoms with Gasteiger partial charge in [-0.1, -0.05) is 24.3 Å². The molecule has 1 aliphatic heterocycles. The maximum Gasteiger partial charge on any atom is 0.241 e.